The monoisotopic (exact) mass is 447 g/mol. The summed E-state index contributed by atoms with van der Waals surface area (Å²) >= 11 is 0. The number of amides is 1. The van der Waals surface area contributed by atoms with Crippen LogP contribution in [-0.4, -0.2) is 54.0 Å². The van der Waals surface area contributed by atoms with Gasteiger partial charge in [0.1, 0.15) is 0 Å². The molecule has 7 heteroatoms. The highest BCUT2D eigenvalue weighted by Gasteiger charge is 2.28. The van der Waals surface area contributed by atoms with Crippen molar-refractivity contribution in [2.24, 2.45) is 0 Å². The van der Waals surface area contributed by atoms with Gasteiger partial charge in [-0.15, -0.1) is 0 Å². The molecule has 1 amide bonds. The van der Waals surface area contributed by atoms with Gasteiger partial charge in [-0.3, -0.25) is 4.79 Å². The topological polar surface area (TPSA) is 75.9 Å². The predicted octanol–water partition coefficient (Wildman–Crippen LogP) is 4.49. The van der Waals surface area contributed by atoms with E-state index in [1.807, 2.05) is 17.0 Å². The fourth-order valence-corrected chi connectivity index (χ4v) is 4.12. The van der Waals surface area contributed by atoms with Crippen molar-refractivity contribution in [3.05, 3.63) is 71.2 Å². The average molecular weight is 448 g/mol. The molecule has 1 aromatic heterocycles. The van der Waals surface area contributed by atoms with Crippen LogP contribution in [0.5, 0.6) is 0 Å². The maximum Gasteiger partial charge on any atom is 0.361 e. The van der Waals surface area contributed by atoms with Gasteiger partial charge < -0.3 is 19.0 Å². The van der Waals surface area contributed by atoms with E-state index in [0.717, 1.165) is 13.1 Å². The van der Waals surface area contributed by atoms with Gasteiger partial charge >= 0.3 is 5.97 Å². The summed E-state index contributed by atoms with van der Waals surface area (Å²) in [5.74, 6) is -0.414. The van der Waals surface area contributed by atoms with Crippen LogP contribution in [0.4, 0.5) is 5.69 Å². The highest BCUT2D eigenvalue weighted by atomic mass is 16.5. The first-order chi connectivity index (χ1) is 15.9. The van der Waals surface area contributed by atoms with Crippen LogP contribution in [0.3, 0.4) is 0 Å². The number of aromatic nitrogens is 1. The van der Waals surface area contributed by atoms with Crippen molar-refractivity contribution in [3.63, 3.8) is 0 Å². The summed E-state index contributed by atoms with van der Waals surface area (Å²) in [7, 11) is 0. The lowest BCUT2D eigenvalue weighted by molar-refractivity contribution is 0.0371. The Morgan fingerprint density at radius 2 is 1.73 bits per heavy atom. The minimum atomic E-state index is -0.571. The SMILES string of the molecule is Cc1cccc(N2CCN(C(=O)c3ccccc3-c3ocnc3C(=O)OC(C)C)CC2)c1C. The summed E-state index contributed by atoms with van der Waals surface area (Å²) in [4.78, 5) is 34.2. The van der Waals surface area contributed by atoms with E-state index in [9.17, 15) is 9.59 Å². The third-order valence-corrected chi connectivity index (χ3v) is 5.99. The number of carbonyl (C=O) groups excluding carboxylic acids is 2. The number of anilines is 1. The largest absolute Gasteiger partial charge is 0.458 e. The van der Waals surface area contributed by atoms with Gasteiger partial charge in [-0.05, 0) is 51.0 Å². The summed E-state index contributed by atoms with van der Waals surface area (Å²) in [5, 5.41) is 0. The molecule has 1 fully saturated rings. The highest BCUT2D eigenvalue weighted by molar-refractivity contribution is 6.03. The molecule has 1 aliphatic rings. The van der Waals surface area contributed by atoms with Gasteiger partial charge in [0.15, 0.2) is 17.8 Å². The molecule has 3 aromatic rings. The number of hydrogen-bond acceptors (Lipinski definition) is 6. The zero-order valence-corrected chi connectivity index (χ0v) is 19.5. The molecule has 7 nitrogen and oxygen atoms in total. The number of aryl methyl sites for hydroxylation is 1. The highest BCUT2D eigenvalue weighted by Crippen LogP contribution is 2.29. The summed E-state index contributed by atoms with van der Waals surface area (Å²) in [6.45, 7) is 10.5. The van der Waals surface area contributed by atoms with Crippen LogP contribution in [0.1, 0.15) is 45.8 Å². The van der Waals surface area contributed by atoms with Gasteiger partial charge in [-0.2, -0.15) is 0 Å². The fourth-order valence-electron chi connectivity index (χ4n) is 4.12. The van der Waals surface area contributed by atoms with Gasteiger partial charge in [0.05, 0.1) is 11.7 Å². The van der Waals surface area contributed by atoms with E-state index in [0.29, 0.717) is 24.2 Å². The molecule has 0 saturated carbocycles. The molecule has 0 spiro atoms. The molecule has 33 heavy (non-hydrogen) atoms. The normalized spacial score (nSPS) is 14.0. The molecule has 172 valence electrons. The number of benzene rings is 2. The molecular weight excluding hydrogens is 418 g/mol. The van der Waals surface area contributed by atoms with E-state index < -0.39 is 5.97 Å². The molecule has 0 N–H and O–H groups in total. The molecule has 0 bridgehead atoms. The lowest BCUT2D eigenvalue weighted by Gasteiger charge is -2.37. The number of oxazole rings is 1. The summed E-state index contributed by atoms with van der Waals surface area (Å²) in [6, 6.07) is 13.5. The first-order valence-electron chi connectivity index (χ1n) is 11.2. The Morgan fingerprint density at radius 1 is 1.00 bits per heavy atom. The number of esters is 1. The smallest absolute Gasteiger partial charge is 0.361 e. The fraction of sp³-hybridized carbons (Fsp3) is 0.346. The van der Waals surface area contributed by atoms with Crippen LogP contribution < -0.4 is 4.90 Å². The number of carbonyl (C=O) groups is 2. The molecule has 4 rings (SSSR count). The van der Waals surface area contributed by atoms with Crippen LogP contribution in [0.15, 0.2) is 53.3 Å². The second-order valence-electron chi connectivity index (χ2n) is 8.53. The van der Waals surface area contributed by atoms with Gasteiger partial charge in [0.2, 0.25) is 0 Å². The van der Waals surface area contributed by atoms with Gasteiger partial charge in [-0.1, -0.05) is 30.3 Å². The van der Waals surface area contributed by atoms with E-state index in [1.54, 1.807) is 26.0 Å². The number of piperazine rings is 1. The molecule has 1 saturated heterocycles. The van der Waals surface area contributed by atoms with E-state index >= 15 is 0 Å². The maximum absolute atomic E-state index is 13.5. The average Bonchev–Trinajstić information content (AvgIpc) is 3.30. The van der Waals surface area contributed by atoms with Crippen LogP contribution >= 0.6 is 0 Å². The van der Waals surface area contributed by atoms with E-state index in [4.69, 9.17) is 9.15 Å². The molecule has 1 aliphatic heterocycles. The Labute approximate surface area is 194 Å². The van der Waals surface area contributed by atoms with Gasteiger partial charge in [0, 0.05) is 37.4 Å². The molecular formula is C26H29N3O4. The Kier molecular flexibility index (Phi) is 6.49. The Hall–Kier alpha value is -3.61. The molecule has 2 aromatic carbocycles. The number of rotatable bonds is 5. The van der Waals surface area contributed by atoms with Crippen molar-refractivity contribution in [1.82, 2.24) is 9.88 Å². The van der Waals surface area contributed by atoms with Crippen molar-refractivity contribution in [3.8, 4) is 11.3 Å². The Morgan fingerprint density at radius 3 is 2.45 bits per heavy atom. The molecule has 0 radical (unpaired) electrons. The van der Waals surface area contributed by atoms with Crippen molar-refractivity contribution < 1.29 is 18.7 Å². The Balaban J connectivity index is 1.54. The zero-order chi connectivity index (χ0) is 23.5. The van der Waals surface area contributed by atoms with Crippen LogP contribution in [0.25, 0.3) is 11.3 Å². The zero-order valence-electron chi connectivity index (χ0n) is 19.5. The van der Waals surface area contributed by atoms with Crippen LogP contribution in [-0.2, 0) is 4.74 Å². The predicted molar refractivity (Wildman–Crippen MR) is 127 cm³/mol. The Bertz CT molecular complexity index is 1160. The molecule has 0 unspecified atom stereocenters. The van der Waals surface area contributed by atoms with Gasteiger partial charge in [-0.25, -0.2) is 9.78 Å². The van der Waals surface area contributed by atoms with Crippen LogP contribution in [0.2, 0.25) is 0 Å². The maximum atomic E-state index is 13.5. The first kappa shape index (κ1) is 22.6. The number of hydrogen-bond donors (Lipinski definition) is 0. The third-order valence-electron chi connectivity index (χ3n) is 5.99. The van der Waals surface area contributed by atoms with Crippen molar-refractivity contribution in [2.75, 3.05) is 31.1 Å². The minimum absolute atomic E-state index is 0.0729. The first-order valence-corrected chi connectivity index (χ1v) is 11.2. The number of nitrogens with zero attached hydrogens (tertiary/aromatic N) is 3. The second kappa shape index (κ2) is 9.48. The molecule has 0 aliphatic carbocycles. The minimum Gasteiger partial charge on any atom is -0.458 e. The standard InChI is InChI=1S/C26H29N3O4/c1-17(2)33-26(31)23-24(32-16-27-23)20-9-5-6-10-21(20)25(30)29-14-12-28(13-15-29)22-11-7-8-18(3)19(22)4/h5-11,16-17H,12-15H2,1-4H3. The van der Waals surface area contributed by atoms with Crippen molar-refractivity contribution in [1.29, 1.82) is 0 Å². The summed E-state index contributed by atoms with van der Waals surface area (Å²) in [5.41, 5.74) is 4.84. The van der Waals surface area contributed by atoms with E-state index in [-0.39, 0.29) is 23.5 Å². The summed E-state index contributed by atoms with van der Waals surface area (Å²) in [6.07, 6.45) is 0.920. The summed E-state index contributed by atoms with van der Waals surface area (Å²) < 4.78 is 10.8. The second-order valence-corrected chi connectivity index (χ2v) is 8.53. The number of ether oxygens (including phenoxy) is 1. The van der Waals surface area contributed by atoms with Crippen LogP contribution in [0, 0.1) is 13.8 Å². The lowest BCUT2D eigenvalue weighted by atomic mass is 10.0. The molecule has 0 atom stereocenters. The van der Waals surface area contributed by atoms with Crippen molar-refractivity contribution in [2.45, 2.75) is 33.8 Å². The van der Waals surface area contributed by atoms with E-state index in [1.165, 1.54) is 23.2 Å². The van der Waals surface area contributed by atoms with Crippen molar-refractivity contribution >= 4 is 17.6 Å². The lowest BCUT2D eigenvalue weighted by Crippen LogP contribution is -2.49. The van der Waals surface area contributed by atoms with E-state index in [2.05, 4.69) is 41.9 Å². The third kappa shape index (κ3) is 4.62. The molecule has 2 heterocycles. The van der Waals surface area contributed by atoms with Gasteiger partial charge in [0.25, 0.3) is 5.91 Å². The quantitative estimate of drug-likeness (QED) is 0.537.